The van der Waals surface area contributed by atoms with Crippen LogP contribution in [0.25, 0.3) is 36.5 Å². The average Bonchev–Trinajstić information content (AvgIpc) is 3.24. The maximum Gasteiger partial charge on any atom is 0.178 e. The highest BCUT2D eigenvalue weighted by Gasteiger charge is 1.93. The Labute approximate surface area is 326 Å². The largest absolute Gasteiger partial charge is 0.290 e. The summed E-state index contributed by atoms with van der Waals surface area (Å²) in [6, 6.07) is 58.7. The van der Waals surface area contributed by atoms with Crippen LogP contribution in [0.15, 0.2) is 218 Å². The summed E-state index contributed by atoms with van der Waals surface area (Å²) in [7, 11) is 0. The van der Waals surface area contributed by atoms with Crippen molar-refractivity contribution < 1.29 is 14.4 Å². The number of ketones is 3. The minimum Gasteiger partial charge on any atom is -0.290 e. The summed E-state index contributed by atoms with van der Waals surface area (Å²) in [5.41, 5.74) is 6.16. The topological polar surface area (TPSA) is 51.2 Å². The van der Waals surface area contributed by atoms with E-state index in [1.54, 1.807) is 36.5 Å². The molecule has 0 unspecified atom stereocenters. The average molecular weight is 719 g/mol. The fourth-order valence-electron chi connectivity index (χ4n) is 4.62. The fraction of sp³-hybridized carbons (Fsp3) is 0.0192. The normalized spacial score (nSPS) is 10.9. The second-order valence-corrected chi connectivity index (χ2v) is 11.7. The number of hydrogen-bond donors (Lipinski definition) is 0. The summed E-state index contributed by atoms with van der Waals surface area (Å²) in [5.74, 6) is -0.0341. The first-order valence-corrected chi connectivity index (χ1v) is 17.5. The van der Waals surface area contributed by atoms with E-state index in [2.05, 4.69) is 0 Å². The molecule has 6 aromatic carbocycles. The van der Waals surface area contributed by atoms with Gasteiger partial charge in [0.2, 0.25) is 0 Å². The van der Waals surface area contributed by atoms with Gasteiger partial charge < -0.3 is 0 Å². The van der Waals surface area contributed by atoms with Crippen molar-refractivity contribution in [2.24, 2.45) is 0 Å². The fourth-order valence-corrected chi connectivity index (χ4v) is 4.62. The molecule has 6 rings (SSSR count). The second-order valence-electron chi connectivity index (χ2n) is 11.7. The number of carbonyl (C=O) groups is 3. The Morgan fingerprint density at radius 3 is 0.491 bits per heavy atom. The lowest BCUT2D eigenvalue weighted by Crippen LogP contribution is -1.84. The molecule has 0 saturated carbocycles. The molecule has 0 aliphatic carbocycles. The van der Waals surface area contributed by atoms with Crippen molar-refractivity contribution in [3.63, 3.8) is 0 Å². The predicted molar refractivity (Wildman–Crippen MR) is 235 cm³/mol. The van der Waals surface area contributed by atoms with E-state index in [0.29, 0.717) is 0 Å². The van der Waals surface area contributed by atoms with E-state index in [0.717, 1.165) is 33.4 Å². The van der Waals surface area contributed by atoms with Gasteiger partial charge in [0.25, 0.3) is 0 Å². The molecule has 0 bridgehead atoms. The molecular formula is C52H46O3. The van der Waals surface area contributed by atoms with E-state index in [-0.39, 0.29) is 24.8 Å². The molecule has 0 aliphatic heterocycles. The van der Waals surface area contributed by atoms with Gasteiger partial charge in [0, 0.05) is 0 Å². The third kappa shape index (κ3) is 18.7. The standard InChI is InChI=1S/3C17H14O.CH4/c3*18-17(13-11-15-7-3-1-4-8-15)14-12-16-9-5-2-6-10-16;/h3*1-14H;1H4/b3*13-11+,14-12+;. The minimum atomic E-state index is -0.0114. The zero-order valence-electron chi connectivity index (χ0n) is 30.0. The summed E-state index contributed by atoms with van der Waals surface area (Å²) >= 11 is 0. The predicted octanol–water partition coefficient (Wildman–Crippen LogP) is 12.6. The summed E-state index contributed by atoms with van der Waals surface area (Å²) in [4.78, 5) is 34.8. The van der Waals surface area contributed by atoms with Crippen molar-refractivity contribution in [3.8, 4) is 0 Å². The highest BCUT2D eigenvalue weighted by Crippen LogP contribution is 2.06. The van der Waals surface area contributed by atoms with E-state index in [4.69, 9.17) is 0 Å². The summed E-state index contributed by atoms with van der Waals surface area (Å²) in [5, 5.41) is 0. The first kappa shape index (κ1) is 42.2. The zero-order valence-corrected chi connectivity index (χ0v) is 30.0. The third-order valence-electron chi connectivity index (χ3n) is 7.44. The van der Waals surface area contributed by atoms with Gasteiger partial charge in [-0.05, 0) is 69.8 Å². The highest BCUT2D eigenvalue weighted by atomic mass is 16.1. The van der Waals surface area contributed by atoms with Crippen LogP contribution in [-0.2, 0) is 14.4 Å². The molecule has 6 aromatic rings. The Hall–Kier alpha value is -7.23. The monoisotopic (exact) mass is 718 g/mol. The maximum absolute atomic E-state index is 11.6. The van der Waals surface area contributed by atoms with Crippen molar-refractivity contribution in [2.45, 2.75) is 7.43 Å². The molecule has 0 heterocycles. The minimum absolute atomic E-state index is 0. The number of carbonyl (C=O) groups excluding carboxylic acids is 3. The molecule has 0 aliphatic rings. The Kier molecular flexibility index (Phi) is 19.7. The zero-order chi connectivity index (χ0) is 37.9. The molecular weight excluding hydrogens is 673 g/mol. The van der Waals surface area contributed by atoms with Crippen LogP contribution in [0.1, 0.15) is 40.8 Å². The Balaban J connectivity index is 0.000000220. The van der Waals surface area contributed by atoms with Crippen molar-refractivity contribution >= 4 is 53.8 Å². The Morgan fingerprint density at radius 1 is 0.236 bits per heavy atom. The smallest absolute Gasteiger partial charge is 0.178 e. The van der Waals surface area contributed by atoms with Crippen LogP contribution in [0.3, 0.4) is 0 Å². The molecule has 0 saturated heterocycles. The molecule has 0 N–H and O–H groups in total. The van der Waals surface area contributed by atoms with Crippen LogP contribution >= 0.6 is 0 Å². The van der Waals surface area contributed by atoms with E-state index in [9.17, 15) is 14.4 Å². The van der Waals surface area contributed by atoms with Gasteiger partial charge in [-0.2, -0.15) is 0 Å². The molecule has 55 heavy (non-hydrogen) atoms. The van der Waals surface area contributed by atoms with Crippen molar-refractivity contribution in [3.05, 3.63) is 252 Å². The van der Waals surface area contributed by atoms with Gasteiger partial charge in [0.15, 0.2) is 17.3 Å². The molecule has 0 amide bonds. The van der Waals surface area contributed by atoms with E-state index >= 15 is 0 Å². The first-order valence-electron chi connectivity index (χ1n) is 17.5. The lowest BCUT2D eigenvalue weighted by Gasteiger charge is -1.91. The Morgan fingerprint density at radius 2 is 0.364 bits per heavy atom. The molecule has 3 heteroatoms. The lowest BCUT2D eigenvalue weighted by atomic mass is 10.1. The maximum atomic E-state index is 11.6. The third-order valence-corrected chi connectivity index (χ3v) is 7.44. The highest BCUT2D eigenvalue weighted by molar-refractivity contribution is 6.05. The molecule has 3 nitrogen and oxygen atoms in total. The van der Waals surface area contributed by atoms with E-state index < -0.39 is 0 Å². The van der Waals surface area contributed by atoms with Crippen molar-refractivity contribution in [1.29, 1.82) is 0 Å². The molecule has 0 spiro atoms. The van der Waals surface area contributed by atoms with Crippen LogP contribution in [0.2, 0.25) is 0 Å². The molecule has 0 radical (unpaired) electrons. The van der Waals surface area contributed by atoms with Gasteiger partial charge in [-0.15, -0.1) is 0 Å². The quantitative estimate of drug-likeness (QED) is 0.118. The number of rotatable bonds is 12. The van der Waals surface area contributed by atoms with Crippen LogP contribution in [0, 0.1) is 0 Å². The summed E-state index contributed by atoms with van der Waals surface area (Å²) in [6.07, 6.45) is 20.4. The van der Waals surface area contributed by atoms with Crippen molar-refractivity contribution in [2.75, 3.05) is 0 Å². The molecule has 0 aromatic heterocycles. The second kappa shape index (κ2) is 25.7. The molecule has 272 valence electrons. The Bertz CT molecular complexity index is 1750. The summed E-state index contributed by atoms with van der Waals surface area (Å²) in [6.45, 7) is 0. The number of hydrogen-bond acceptors (Lipinski definition) is 3. The molecule has 0 fully saturated rings. The number of benzene rings is 6. The summed E-state index contributed by atoms with van der Waals surface area (Å²) < 4.78 is 0. The van der Waals surface area contributed by atoms with Gasteiger partial charge in [-0.3, -0.25) is 14.4 Å². The van der Waals surface area contributed by atoms with Crippen LogP contribution in [-0.4, -0.2) is 17.3 Å². The van der Waals surface area contributed by atoms with Gasteiger partial charge in [0.05, 0.1) is 0 Å². The van der Waals surface area contributed by atoms with E-state index in [1.165, 1.54) is 0 Å². The van der Waals surface area contributed by atoms with Gasteiger partial charge >= 0.3 is 0 Å². The van der Waals surface area contributed by atoms with Crippen LogP contribution in [0.5, 0.6) is 0 Å². The SMILES string of the molecule is C.O=C(/C=C/c1ccccc1)/C=C/c1ccccc1.O=C(/C=C/c1ccccc1)/C=C/c1ccccc1.O=C(/C=C/c1ccccc1)/C=C/c1ccccc1. The number of allylic oxidation sites excluding steroid dienone is 6. The van der Waals surface area contributed by atoms with Crippen LogP contribution in [0.4, 0.5) is 0 Å². The van der Waals surface area contributed by atoms with Gasteiger partial charge in [-0.1, -0.05) is 226 Å². The first-order chi connectivity index (χ1) is 26.5. The van der Waals surface area contributed by atoms with Crippen LogP contribution < -0.4 is 0 Å². The van der Waals surface area contributed by atoms with Crippen molar-refractivity contribution in [1.82, 2.24) is 0 Å². The molecule has 0 atom stereocenters. The van der Waals surface area contributed by atoms with E-state index in [1.807, 2.05) is 218 Å². The van der Waals surface area contributed by atoms with Gasteiger partial charge in [-0.25, -0.2) is 0 Å². The lowest BCUT2D eigenvalue weighted by molar-refractivity contribution is -0.111. The van der Waals surface area contributed by atoms with Gasteiger partial charge in [0.1, 0.15) is 0 Å².